The molecule has 28 heavy (non-hydrogen) atoms. The summed E-state index contributed by atoms with van der Waals surface area (Å²) in [6.45, 7) is 7.56. The third-order valence-corrected chi connectivity index (χ3v) is 6.51. The van der Waals surface area contributed by atoms with E-state index in [0.717, 1.165) is 6.42 Å². The summed E-state index contributed by atoms with van der Waals surface area (Å²) in [6, 6.07) is 0.955. The number of carbonyl (C=O) groups excluding carboxylic acids is 2. The normalized spacial score (nSPS) is 26.2. The summed E-state index contributed by atoms with van der Waals surface area (Å²) in [5.41, 5.74) is 0.631. The highest BCUT2D eigenvalue weighted by Gasteiger charge is 2.65. The maximum absolute atomic E-state index is 13.9. The lowest BCUT2D eigenvalue weighted by Crippen LogP contribution is -2.46. The van der Waals surface area contributed by atoms with Crippen molar-refractivity contribution < 1.29 is 18.7 Å². The number of rotatable bonds is 5. The summed E-state index contributed by atoms with van der Waals surface area (Å²) < 4.78 is 19.5. The van der Waals surface area contributed by atoms with Crippen LogP contribution in [0.25, 0.3) is 0 Å². The second kappa shape index (κ2) is 7.59. The molecular formula is C20H26BrFN2O3S. The van der Waals surface area contributed by atoms with Crippen LogP contribution in [0.3, 0.4) is 0 Å². The molecule has 1 aliphatic carbocycles. The molecule has 3 atom stereocenters. The van der Waals surface area contributed by atoms with Gasteiger partial charge in [-0.2, -0.15) is 11.8 Å². The van der Waals surface area contributed by atoms with Crippen LogP contribution in [0.5, 0.6) is 0 Å². The smallest absolute Gasteiger partial charge is 0.411 e. The van der Waals surface area contributed by atoms with Gasteiger partial charge in [0.05, 0.1) is 18.2 Å². The maximum Gasteiger partial charge on any atom is 0.411 e. The zero-order valence-corrected chi connectivity index (χ0v) is 19.2. The van der Waals surface area contributed by atoms with Gasteiger partial charge in [0.1, 0.15) is 10.2 Å². The number of fused-ring (bicyclic) bond motifs is 1. The number of ketones is 1. The number of hydrogen-bond acceptors (Lipinski definition) is 5. The number of piperidine rings is 1. The van der Waals surface area contributed by atoms with Gasteiger partial charge in [-0.05, 0) is 72.8 Å². The van der Waals surface area contributed by atoms with Crippen LogP contribution < -0.4 is 0 Å². The van der Waals surface area contributed by atoms with Crippen molar-refractivity contribution in [3.63, 3.8) is 0 Å². The molecule has 1 unspecified atom stereocenters. The first-order chi connectivity index (χ1) is 12.9. The van der Waals surface area contributed by atoms with E-state index >= 15 is 0 Å². The third kappa shape index (κ3) is 4.37. The Bertz CT molecular complexity index is 813. The Balaban J connectivity index is 1.82. The standard InChI is InChI=1S/C20H26BrFN2O3S/c1-19(2,3)27-18(26)24-14(8-20(4)9-16(20)24)15(25)7-13-11(10-28-5)6-12(22)17(21)23-13/h6,14,16H,7-10H2,1-5H3/t14?,16-,20+/m1/s1. The molecule has 1 saturated carbocycles. The molecule has 3 rings (SSSR count). The summed E-state index contributed by atoms with van der Waals surface area (Å²) in [5, 5.41) is 0. The number of aromatic nitrogens is 1. The third-order valence-electron chi connectivity index (χ3n) is 5.35. The van der Waals surface area contributed by atoms with E-state index in [1.807, 2.05) is 27.0 Å². The van der Waals surface area contributed by atoms with Crippen molar-refractivity contribution in [3.05, 3.63) is 27.7 Å². The van der Waals surface area contributed by atoms with Crippen molar-refractivity contribution in [1.82, 2.24) is 9.88 Å². The van der Waals surface area contributed by atoms with Crippen molar-refractivity contribution in [3.8, 4) is 0 Å². The first-order valence-corrected chi connectivity index (χ1v) is 11.5. The molecule has 0 radical (unpaired) electrons. The minimum atomic E-state index is -0.618. The second-order valence-corrected chi connectivity index (χ2v) is 10.5. The van der Waals surface area contributed by atoms with E-state index in [4.69, 9.17) is 4.74 Å². The monoisotopic (exact) mass is 472 g/mol. The number of ether oxygens (including phenoxy) is 1. The molecule has 1 saturated heterocycles. The summed E-state index contributed by atoms with van der Waals surface area (Å²) in [4.78, 5) is 31.8. The van der Waals surface area contributed by atoms with Gasteiger partial charge in [0, 0.05) is 11.8 Å². The molecule has 1 aromatic heterocycles. The van der Waals surface area contributed by atoms with Crippen LogP contribution in [-0.4, -0.2) is 45.7 Å². The molecule has 5 nitrogen and oxygen atoms in total. The summed E-state index contributed by atoms with van der Waals surface area (Å²) in [5.74, 6) is 0.0542. The number of Topliss-reactive ketones (excluding diaryl/α,β-unsaturated/α-hetero) is 1. The molecular weight excluding hydrogens is 447 g/mol. The van der Waals surface area contributed by atoms with Crippen molar-refractivity contribution in [1.29, 1.82) is 0 Å². The van der Waals surface area contributed by atoms with Gasteiger partial charge < -0.3 is 4.74 Å². The molecule has 2 fully saturated rings. The Hall–Kier alpha value is -1.15. The van der Waals surface area contributed by atoms with E-state index in [1.54, 1.807) is 16.7 Å². The molecule has 8 heteroatoms. The summed E-state index contributed by atoms with van der Waals surface area (Å²) in [7, 11) is 0. The Morgan fingerprint density at radius 3 is 2.71 bits per heavy atom. The van der Waals surface area contributed by atoms with Gasteiger partial charge in [-0.3, -0.25) is 9.69 Å². The van der Waals surface area contributed by atoms with Gasteiger partial charge >= 0.3 is 6.09 Å². The number of amides is 1. The zero-order valence-electron chi connectivity index (χ0n) is 16.8. The van der Waals surface area contributed by atoms with E-state index in [1.165, 1.54) is 6.07 Å². The van der Waals surface area contributed by atoms with Crippen LogP contribution in [0.1, 0.15) is 51.8 Å². The Labute approximate surface area is 177 Å². The average molecular weight is 473 g/mol. The first-order valence-electron chi connectivity index (χ1n) is 9.32. The highest BCUT2D eigenvalue weighted by Crippen LogP contribution is 2.59. The SMILES string of the molecule is CSCc1cc(F)c(Br)nc1CC(=O)C1C[C@@]2(C)C[C@H]2N1C(=O)OC(C)(C)C. The van der Waals surface area contributed by atoms with E-state index in [9.17, 15) is 14.0 Å². The number of pyridine rings is 1. The first kappa shape index (κ1) is 21.6. The average Bonchev–Trinajstić information content (AvgIpc) is 3.11. The number of halogens is 2. The number of thioether (sulfide) groups is 1. The van der Waals surface area contributed by atoms with Gasteiger partial charge in [0.15, 0.2) is 11.6 Å². The van der Waals surface area contributed by atoms with E-state index in [2.05, 4.69) is 27.8 Å². The maximum atomic E-state index is 13.9. The Kier molecular flexibility index (Phi) is 5.85. The second-order valence-electron chi connectivity index (χ2n) is 8.92. The van der Waals surface area contributed by atoms with Crippen LogP contribution in [0.15, 0.2) is 10.7 Å². The van der Waals surface area contributed by atoms with E-state index in [-0.39, 0.29) is 28.3 Å². The molecule has 154 valence electrons. The Morgan fingerprint density at radius 2 is 2.11 bits per heavy atom. The molecule has 2 heterocycles. The largest absolute Gasteiger partial charge is 0.444 e. The van der Waals surface area contributed by atoms with Gasteiger partial charge in [-0.25, -0.2) is 14.2 Å². The van der Waals surface area contributed by atoms with Crippen molar-refractivity contribution in [2.24, 2.45) is 5.41 Å². The van der Waals surface area contributed by atoms with E-state index in [0.29, 0.717) is 23.4 Å². The van der Waals surface area contributed by atoms with Gasteiger partial charge in [-0.15, -0.1) is 0 Å². The fourth-order valence-electron chi connectivity index (χ4n) is 3.89. The highest BCUT2D eigenvalue weighted by molar-refractivity contribution is 9.10. The predicted octanol–water partition coefficient (Wildman–Crippen LogP) is 4.75. The lowest BCUT2D eigenvalue weighted by molar-refractivity contribution is -0.123. The van der Waals surface area contributed by atoms with Gasteiger partial charge in [-0.1, -0.05) is 6.92 Å². The minimum Gasteiger partial charge on any atom is -0.444 e. The van der Waals surface area contributed by atoms with Crippen LogP contribution in [0.2, 0.25) is 0 Å². The molecule has 0 bridgehead atoms. The van der Waals surface area contributed by atoms with Gasteiger partial charge in [0.2, 0.25) is 0 Å². The quantitative estimate of drug-likeness (QED) is 0.578. The molecule has 0 N–H and O–H groups in total. The van der Waals surface area contributed by atoms with Crippen molar-refractivity contribution >= 4 is 39.6 Å². The van der Waals surface area contributed by atoms with E-state index < -0.39 is 23.6 Å². The van der Waals surface area contributed by atoms with Gasteiger partial charge in [0.25, 0.3) is 0 Å². The molecule has 1 amide bonds. The number of carbonyl (C=O) groups is 2. The fraction of sp³-hybridized carbons (Fsp3) is 0.650. The molecule has 0 aromatic carbocycles. The lowest BCUT2D eigenvalue weighted by Gasteiger charge is -2.30. The molecule has 0 spiro atoms. The van der Waals surface area contributed by atoms with Crippen LogP contribution in [0.4, 0.5) is 9.18 Å². The summed E-state index contributed by atoms with van der Waals surface area (Å²) >= 11 is 4.65. The van der Waals surface area contributed by atoms with Crippen molar-refractivity contribution in [2.75, 3.05) is 6.26 Å². The number of hydrogen-bond donors (Lipinski definition) is 0. The van der Waals surface area contributed by atoms with Crippen LogP contribution in [-0.2, 0) is 21.7 Å². The summed E-state index contributed by atoms with van der Waals surface area (Å²) in [6.07, 6.45) is 3.09. The molecule has 2 aliphatic rings. The number of likely N-dealkylation sites (tertiary alicyclic amines) is 1. The predicted molar refractivity (Wildman–Crippen MR) is 111 cm³/mol. The highest BCUT2D eigenvalue weighted by atomic mass is 79.9. The topological polar surface area (TPSA) is 59.5 Å². The van der Waals surface area contributed by atoms with Crippen LogP contribution >= 0.6 is 27.7 Å². The Morgan fingerprint density at radius 1 is 1.43 bits per heavy atom. The fourth-order valence-corrected chi connectivity index (χ4v) is 4.78. The molecule has 1 aliphatic heterocycles. The minimum absolute atomic E-state index is 0.0177. The zero-order chi connectivity index (χ0) is 20.9. The van der Waals surface area contributed by atoms with Crippen LogP contribution in [0, 0.1) is 11.2 Å². The number of nitrogens with zero attached hydrogens (tertiary/aromatic N) is 2. The van der Waals surface area contributed by atoms with Crippen molar-refractivity contribution in [2.45, 2.75) is 70.4 Å². The molecule has 1 aromatic rings. The lowest BCUT2D eigenvalue weighted by atomic mass is 9.96.